The van der Waals surface area contributed by atoms with E-state index in [0.29, 0.717) is 34.0 Å². The molecule has 0 unspecified atom stereocenters. The lowest BCUT2D eigenvalue weighted by atomic mass is 10.1. The summed E-state index contributed by atoms with van der Waals surface area (Å²) in [6.45, 7) is 4.90. The van der Waals surface area contributed by atoms with Gasteiger partial charge in [0, 0.05) is 5.56 Å². The third kappa shape index (κ3) is 6.00. The van der Waals surface area contributed by atoms with E-state index >= 15 is 0 Å². The molecule has 26 heavy (non-hydrogen) atoms. The van der Waals surface area contributed by atoms with Crippen LogP contribution in [0, 0.1) is 5.92 Å². The van der Waals surface area contributed by atoms with Gasteiger partial charge in [0.15, 0.2) is 5.11 Å². The van der Waals surface area contributed by atoms with Gasteiger partial charge in [0.1, 0.15) is 11.5 Å². The Morgan fingerprint density at radius 2 is 2.00 bits per heavy atom. The van der Waals surface area contributed by atoms with Crippen molar-refractivity contribution in [1.29, 1.82) is 0 Å². The normalized spacial score (nSPS) is 10.5. The van der Waals surface area contributed by atoms with Crippen molar-refractivity contribution in [2.75, 3.05) is 11.9 Å². The molecule has 0 aromatic heterocycles. The number of thiocarbonyl (C=S) groups is 1. The van der Waals surface area contributed by atoms with Gasteiger partial charge in [-0.3, -0.25) is 10.1 Å². The van der Waals surface area contributed by atoms with Crippen LogP contribution in [0.25, 0.3) is 0 Å². The molecule has 1 amide bonds. The molecular weight excluding hydrogens is 416 g/mol. The molecule has 0 saturated heterocycles. The van der Waals surface area contributed by atoms with Gasteiger partial charge in [0.25, 0.3) is 5.91 Å². The van der Waals surface area contributed by atoms with Gasteiger partial charge in [-0.15, -0.1) is 0 Å². The Balaban J connectivity index is 1.95. The second-order valence-corrected chi connectivity index (χ2v) is 7.36. The number of hydrogen-bond donors (Lipinski definition) is 3. The fourth-order valence-corrected chi connectivity index (χ4v) is 2.77. The molecule has 5 nitrogen and oxygen atoms in total. The summed E-state index contributed by atoms with van der Waals surface area (Å²) in [7, 11) is 0. The van der Waals surface area contributed by atoms with E-state index in [1.54, 1.807) is 36.4 Å². The van der Waals surface area contributed by atoms with Crippen LogP contribution in [-0.4, -0.2) is 22.7 Å². The maximum atomic E-state index is 12.3. The maximum absolute atomic E-state index is 12.3. The molecule has 0 spiro atoms. The predicted molar refractivity (Wildman–Crippen MR) is 111 cm³/mol. The van der Waals surface area contributed by atoms with Crippen LogP contribution in [0.15, 0.2) is 46.9 Å². The van der Waals surface area contributed by atoms with Crippen LogP contribution in [0.3, 0.4) is 0 Å². The van der Waals surface area contributed by atoms with Crippen LogP contribution < -0.4 is 15.4 Å². The highest BCUT2D eigenvalue weighted by atomic mass is 79.9. The summed E-state index contributed by atoms with van der Waals surface area (Å²) in [6.07, 6.45) is 0.959. The quantitative estimate of drug-likeness (QED) is 0.451. The number of amides is 1. The molecule has 2 aromatic rings. The molecule has 0 bridgehead atoms. The topological polar surface area (TPSA) is 70.6 Å². The van der Waals surface area contributed by atoms with Crippen molar-refractivity contribution in [2.45, 2.75) is 20.3 Å². The number of para-hydroxylation sites is 2. The van der Waals surface area contributed by atoms with Crippen LogP contribution in [0.4, 0.5) is 5.69 Å². The van der Waals surface area contributed by atoms with E-state index in [2.05, 4.69) is 40.4 Å². The summed E-state index contributed by atoms with van der Waals surface area (Å²) in [5.41, 5.74) is 0.863. The highest BCUT2D eigenvalue weighted by Crippen LogP contribution is 2.26. The second kappa shape index (κ2) is 9.54. The van der Waals surface area contributed by atoms with Crippen molar-refractivity contribution in [1.82, 2.24) is 5.32 Å². The molecule has 0 radical (unpaired) electrons. The van der Waals surface area contributed by atoms with Gasteiger partial charge < -0.3 is 15.2 Å². The maximum Gasteiger partial charge on any atom is 0.257 e. The lowest BCUT2D eigenvalue weighted by Gasteiger charge is -2.12. The highest BCUT2D eigenvalue weighted by Gasteiger charge is 2.12. The Morgan fingerprint density at radius 1 is 1.27 bits per heavy atom. The molecule has 0 fully saturated rings. The average molecular weight is 437 g/mol. The Morgan fingerprint density at radius 3 is 2.65 bits per heavy atom. The minimum absolute atomic E-state index is 0.0507. The summed E-state index contributed by atoms with van der Waals surface area (Å²) >= 11 is 8.55. The second-order valence-electron chi connectivity index (χ2n) is 6.10. The molecule has 2 rings (SSSR count). The molecule has 2 aromatic carbocycles. The predicted octanol–water partition coefficient (Wildman–Crippen LogP) is 4.71. The molecule has 138 valence electrons. The SMILES string of the molecule is CC(C)CCOc1ccc(C(=O)NC(=S)Nc2ccccc2O)cc1Br. The zero-order chi connectivity index (χ0) is 19.1. The smallest absolute Gasteiger partial charge is 0.257 e. The van der Waals surface area contributed by atoms with Crippen LogP contribution in [0.1, 0.15) is 30.6 Å². The van der Waals surface area contributed by atoms with Crippen LogP contribution in [0.2, 0.25) is 0 Å². The third-order valence-electron chi connectivity index (χ3n) is 3.53. The van der Waals surface area contributed by atoms with E-state index in [1.807, 2.05) is 0 Å². The van der Waals surface area contributed by atoms with Crippen molar-refractivity contribution in [2.24, 2.45) is 5.92 Å². The molecule has 0 heterocycles. The number of hydrogen-bond acceptors (Lipinski definition) is 4. The van der Waals surface area contributed by atoms with E-state index in [-0.39, 0.29) is 16.8 Å². The Kier molecular flexibility index (Phi) is 7.41. The minimum atomic E-state index is -0.354. The van der Waals surface area contributed by atoms with E-state index in [0.717, 1.165) is 6.42 Å². The largest absolute Gasteiger partial charge is 0.506 e. The van der Waals surface area contributed by atoms with Crippen molar-refractivity contribution < 1.29 is 14.6 Å². The highest BCUT2D eigenvalue weighted by molar-refractivity contribution is 9.10. The molecule has 3 N–H and O–H groups in total. The van der Waals surface area contributed by atoms with Crippen molar-refractivity contribution >= 4 is 44.9 Å². The molecule has 0 aliphatic heterocycles. The van der Waals surface area contributed by atoms with Crippen LogP contribution >= 0.6 is 28.1 Å². The van der Waals surface area contributed by atoms with Crippen molar-refractivity contribution in [3.05, 3.63) is 52.5 Å². The Bertz CT molecular complexity index is 796. The number of anilines is 1. The Labute approximate surface area is 166 Å². The number of phenolic OH excluding ortho intramolecular Hbond substituents is 1. The molecule has 0 aliphatic rings. The van der Waals surface area contributed by atoms with Gasteiger partial charge in [0.05, 0.1) is 16.8 Å². The van der Waals surface area contributed by atoms with E-state index in [1.165, 1.54) is 6.07 Å². The monoisotopic (exact) mass is 436 g/mol. The standard InChI is InChI=1S/C19H21BrN2O3S/c1-12(2)9-10-25-17-8-7-13(11-14(17)20)18(24)22-19(26)21-15-5-3-4-6-16(15)23/h3-8,11-12,23H,9-10H2,1-2H3,(H2,21,22,24,26). The summed E-state index contributed by atoms with van der Waals surface area (Å²) in [6, 6.07) is 11.7. The fraction of sp³-hybridized carbons (Fsp3) is 0.263. The Hall–Kier alpha value is -2.12. The average Bonchev–Trinajstić information content (AvgIpc) is 2.58. The first-order valence-corrected chi connectivity index (χ1v) is 9.39. The van der Waals surface area contributed by atoms with Gasteiger partial charge in [-0.25, -0.2) is 0 Å². The van der Waals surface area contributed by atoms with Crippen molar-refractivity contribution in [3.63, 3.8) is 0 Å². The number of benzene rings is 2. The van der Waals surface area contributed by atoms with Crippen molar-refractivity contribution in [3.8, 4) is 11.5 Å². The number of carbonyl (C=O) groups is 1. The lowest BCUT2D eigenvalue weighted by molar-refractivity contribution is 0.0977. The number of nitrogens with one attached hydrogen (secondary N) is 2. The van der Waals surface area contributed by atoms with Gasteiger partial charge in [-0.1, -0.05) is 26.0 Å². The van der Waals surface area contributed by atoms with Gasteiger partial charge in [-0.2, -0.15) is 0 Å². The minimum Gasteiger partial charge on any atom is -0.506 e. The van der Waals surface area contributed by atoms with E-state index in [9.17, 15) is 9.90 Å². The first-order valence-electron chi connectivity index (χ1n) is 8.19. The van der Waals surface area contributed by atoms with Crippen LogP contribution in [-0.2, 0) is 0 Å². The van der Waals surface area contributed by atoms with E-state index < -0.39 is 0 Å². The first kappa shape index (κ1) is 20.2. The fourth-order valence-electron chi connectivity index (χ4n) is 2.07. The summed E-state index contributed by atoms with van der Waals surface area (Å²) < 4.78 is 6.41. The summed E-state index contributed by atoms with van der Waals surface area (Å²) in [4.78, 5) is 12.3. The summed E-state index contributed by atoms with van der Waals surface area (Å²) in [5.74, 6) is 0.954. The zero-order valence-electron chi connectivity index (χ0n) is 14.6. The molecule has 0 aliphatic carbocycles. The number of aromatic hydroxyl groups is 1. The van der Waals surface area contributed by atoms with Gasteiger partial charge >= 0.3 is 0 Å². The lowest BCUT2D eigenvalue weighted by Crippen LogP contribution is -2.34. The van der Waals surface area contributed by atoms with E-state index in [4.69, 9.17) is 17.0 Å². The number of halogens is 1. The van der Waals surface area contributed by atoms with Gasteiger partial charge in [0.2, 0.25) is 0 Å². The van der Waals surface area contributed by atoms with Crippen LogP contribution in [0.5, 0.6) is 11.5 Å². The molecule has 0 atom stereocenters. The third-order valence-corrected chi connectivity index (χ3v) is 4.35. The molecule has 7 heteroatoms. The molecular formula is C19H21BrN2O3S. The number of ether oxygens (including phenoxy) is 1. The number of rotatable bonds is 6. The number of phenols is 1. The van der Waals surface area contributed by atoms with Gasteiger partial charge in [-0.05, 0) is 70.8 Å². The first-order chi connectivity index (χ1) is 12.4. The number of carbonyl (C=O) groups excluding carboxylic acids is 1. The molecule has 0 saturated carbocycles. The zero-order valence-corrected chi connectivity index (χ0v) is 17.0. The summed E-state index contributed by atoms with van der Waals surface area (Å²) in [5, 5.41) is 15.2.